The zero-order valence-corrected chi connectivity index (χ0v) is 8.66. The zero-order valence-electron chi connectivity index (χ0n) is 8.66. The zero-order chi connectivity index (χ0) is 9.84. The second-order valence-corrected chi connectivity index (χ2v) is 3.84. The Morgan fingerprint density at radius 1 is 1.62 bits per heavy atom. The molecule has 0 amide bonds. The fourth-order valence-corrected chi connectivity index (χ4v) is 1.87. The summed E-state index contributed by atoms with van der Waals surface area (Å²) in [5.41, 5.74) is 5.93. The number of nitrogens with zero attached hydrogens (tertiary/aromatic N) is 1. The minimum absolute atomic E-state index is 0.218. The standard InChI is InChI=1S/C10H21N3/c1-4-8(2)13-6-5-12-7-10(13)9(3)11/h4,8-10,12H,1,5-7,11H2,2-3H3. The second kappa shape index (κ2) is 4.74. The van der Waals surface area contributed by atoms with Crippen LogP contribution >= 0.6 is 0 Å². The Labute approximate surface area is 81.0 Å². The van der Waals surface area contributed by atoms with Crippen molar-refractivity contribution in [3.63, 3.8) is 0 Å². The van der Waals surface area contributed by atoms with Crippen LogP contribution in [0, 0.1) is 0 Å². The lowest BCUT2D eigenvalue weighted by atomic mass is 10.0. The molecular formula is C10H21N3. The van der Waals surface area contributed by atoms with Crippen LogP contribution in [0.2, 0.25) is 0 Å². The molecule has 1 aliphatic rings. The van der Waals surface area contributed by atoms with Gasteiger partial charge >= 0.3 is 0 Å². The molecule has 0 aromatic rings. The average Bonchev–Trinajstić information content (AvgIpc) is 2.16. The molecule has 0 aromatic carbocycles. The van der Waals surface area contributed by atoms with Gasteiger partial charge in [0.05, 0.1) is 0 Å². The van der Waals surface area contributed by atoms with Crippen molar-refractivity contribution in [3.8, 4) is 0 Å². The molecule has 1 aliphatic heterocycles. The van der Waals surface area contributed by atoms with Gasteiger partial charge < -0.3 is 11.1 Å². The summed E-state index contributed by atoms with van der Waals surface area (Å²) in [4.78, 5) is 2.42. The Balaban J connectivity index is 2.61. The highest BCUT2D eigenvalue weighted by Gasteiger charge is 2.27. The lowest BCUT2D eigenvalue weighted by Crippen LogP contribution is -2.59. The highest BCUT2D eigenvalue weighted by atomic mass is 15.2. The van der Waals surface area contributed by atoms with Crippen LogP contribution in [0.25, 0.3) is 0 Å². The van der Waals surface area contributed by atoms with Crippen LogP contribution < -0.4 is 11.1 Å². The maximum atomic E-state index is 5.93. The summed E-state index contributed by atoms with van der Waals surface area (Å²) < 4.78 is 0. The third-order valence-electron chi connectivity index (χ3n) is 2.80. The second-order valence-electron chi connectivity index (χ2n) is 3.84. The van der Waals surface area contributed by atoms with Crippen LogP contribution in [0.15, 0.2) is 12.7 Å². The van der Waals surface area contributed by atoms with Crippen molar-refractivity contribution >= 4 is 0 Å². The first-order chi connectivity index (χ1) is 6.16. The Bertz CT molecular complexity index is 168. The van der Waals surface area contributed by atoms with Crippen molar-refractivity contribution in [2.24, 2.45) is 5.73 Å². The van der Waals surface area contributed by atoms with Gasteiger partial charge in [-0.25, -0.2) is 0 Å². The molecular weight excluding hydrogens is 162 g/mol. The summed E-state index contributed by atoms with van der Waals surface area (Å²) in [6.45, 7) is 11.2. The Morgan fingerprint density at radius 2 is 2.31 bits per heavy atom. The molecule has 1 rings (SSSR count). The van der Waals surface area contributed by atoms with E-state index in [0.29, 0.717) is 12.1 Å². The van der Waals surface area contributed by atoms with Crippen molar-refractivity contribution in [2.45, 2.75) is 32.0 Å². The van der Waals surface area contributed by atoms with Crippen molar-refractivity contribution in [2.75, 3.05) is 19.6 Å². The van der Waals surface area contributed by atoms with Gasteiger partial charge in [0.2, 0.25) is 0 Å². The Kier molecular flexibility index (Phi) is 3.90. The van der Waals surface area contributed by atoms with Crippen molar-refractivity contribution in [3.05, 3.63) is 12.7 Å². The van der Waals surface area contributed by atoms with Crippen molar-refractivity contribution < 1.29 is 0 Å². The maximum absolute atomic E-state index is 5.93. The average molecular weight is 183 g/mol. The van der Waals surface area contributed by atoms with E-state index < -0.39 is 0 Å². The molecule has 1 fully saturated rings. The fourth-order valence-electron chi connectivity index (χ4n) is 1.87. The number of hydrogen-bond acceptors (Lipinski definition) is 3. The molecule has 0 saturated carbocycles. The Morgan fingerprint density at radius 3 is 2.85 bits per heavy atom. The van der Waals surface area contributed by atoms with Gasteiger partial charge in [0.25, 0.3) is 0 Å². The van der Waals surface area contributed by atoms with Gasteiger partial charge in [0.15, 0.2) is 0 Å². The van der Waals surface area contributed by atoms with Crippen molar-refractivity contribution in [1.29, 1.82) is 0 Å². The summed E-state index contributed by atoms with van der Waals surface area (Å²) in [5, 5.41) is 3.37. The number of nitrogens with two attached hydrogens (primary N) is 1. The molecule has 0 aliphatic carbocycles. The summed E-state index contributed by atoms with van der Waals surface area (Å²) in [6.07, 6.45) is 1.99. The molecule has 0 radical (unpaired) electrons. The van der Waals surface area contributed by atoms with Crippen LogP contribution in [0.1, 0.15) is 13.8 Å². The van der Waals surface area contributed by atoms with Gasteiger partial charge in [-0.2, -0.15) is 0 Å². The number of piperazine rings is 1. The number of nitrogens with one attached hydrogen (secondary N) is 1. The summed E-state index contributed by atoms with van der Waals surface area (Å²) >= 11 is 0. The molecule has 76 valence electrons. The molecule has 0 spiro atoms. The molecule has 0 aromatic heterocycles. The van der Waals surface area contributed by atoms with E-state index in [-0.39, 0.29) is 6.04 Å². The van der Waals surface area contributed by atoms with E-state index in [1.807, 2.05) is 6.08 Å². The minimum atomic E-state index is 0.218. The highest BCUT2D eigenvalue weighted by molar-refractivity contribution is 4.94. The molecule has 0 bridgehead atoms. The van der Waals surface area contributed by atoms with Gasteiger partial charge in [0.1, 0.15) is 0 Å². The molecule has 3 N–H and O–H groups in total. The summed E-state index contributed by atoms with van der Waals surface area (Å²) in [6, 6.07) is 1.09. The first-order valence-electron chi connectivity index (χ1n) is 5.01. The molecule has 1 heterocycles. The highest BCUT2D eigenvalue weighted by Crippen LogP contribution is 2.11. The van der Waals surface area contributed by atoms with Gasteiger partial charge in [-0.05, 0) is 13.8 Å². The largest absolute Gasteiger partial charge is 0.326 e. The quantitative estimate of drug-likeness (QED) is 0.613. The van der Waals surface area contributed by atoms with Crippen LogP contribution in [-0.4, -0.2) is 42.7 Å². The smallest absolute Gasteiger partial charge is 0.0375 e. The molecule has 3 unspecified atom stereocenters. The van der Waals surface area contributed by atoms with E-state index in [4.69, 9.17) is 5.73 Å². The maximum Gasteiger partial charge on any atom is 0.0375 e. The van der Waals surface area contributed by atoms with Gasteiger partial charge in [-0.3, -0.25) is 4.90 Å². The van der Waals surface area contributed by atoms with Crippen molar-refractivity contribution in [1.82, 2.24) is 10.2 Å². The number of rotatable bonds is 3. The molecule has 13 heavy (non-hydrogen) atoms. The Hall–Kier alpha value is -0.380. The van der Waals surface area contributed by atoms with E-state index in [2.05, 4.69) is 30.6 Å². The van der Waals surface area contributed by atoms with E-state index in [0.717, 1.165) is 19.6 Å². The van der Waals surface area contributed by atoms with E-state index in [1.165, 1.54) is 0 Å². The first kappa shape index (κ1) is 10.7. The number of hydrogen-bond donors (Lipinski definition) is 2. The lowest BCUT2D eigenvalue weighted by Gasteiger charge is -2.41. The fraction of sp³-hybridized carbons (Fsp3) is 0.800. The van der Waals surface area contributed by atoms with Gasteiger partial charge in [-0.1, -0.05) is 6.08 Å². The van der Waals surface area contributed by atoms with Gasteiger partial charge in [-0.15, -0.1) is 6.58 Å². The van der Waals surface area contributed by atoms with E-state index in [9.17, 15) is 0 Å². The lowest BCUT2D eigenvalue weighted by molar-refractivity contribution is 0.121. The molecule has 1 saturated heterocycles. The van der Waals surface area contributed by atoms with Crippen LogP contribution in [0.5, 0.6) is 0 Å². The predicted molar refractivity (Wildman–Crippen MR) is 56.7 cm³/mol. The van der Waals surface area contributed by atoms with Crippen LogP contribution in [-0.2, 0) is 0 Å². The van der Waals surface area contributed by atoms with E-state index in [1.54, 1.807) is 0 Å². The normalized spacial score (nSPS) is 29.6. The van der Waals surface area contributed by atoms with E-state index >= 15 is 0 Å². The minimum Gasteiger partial charge on any atom is -0.326 e. The predicted octanol–water partition coefficient (Wildman–Crippen LogP) is 0.182. The molecule has 3 nitrogen and oxygen atoms in total. The summed E-state index contributed by atoms with van der Waals surface area (Å²) in [7, 11) is 0. The SMILES string of the molecule is C=CC(C)N1CCNCC1C(C)N. The summed E-state index contributed by atoms with van der Waals surface area (Å²) in [5.74, 6) is 0. The first-order valence-corrected chi connectivity index (χ1v) is 5.01. The molecule has 3 heteroatoms. The topological polar surface area (TPSA) is 41.3 Å². The monoisotopic (exact) mass is 183 g/mol. The third-order valence-corrected chi connectivity index (χ3v) is 2.80. The molecule has 3 atom stereocenters. The van der Waals surface area contributed by atoms with Crippen LogP contribution in [0.3, 0.4) is 0 Å². The van der Waals surface area contributed by atoms with Gasteiger partial charge in [0, 0.05) is 37.8 Å². The third kappa shape index (κ3) is 2.53. The van der Waals surface area contributed by atoms with Crippen LogP contribution in [0.4, 0.5) is 0 Å².